The average molecular weight is 490 g/mol. The molecule has 8 nitrogen and oxygen atoms in total. The second-order valence-electron chi connectivity index (χ2n) is 7.89. The van der Waals surface area contributed by atoms with Crippen molar-refractivity contribution in [2.75, 3.05) is 13.9 Å². The van der Waals surface area contributed by atoms with Gasteiger partial charge in [0.15, 0.2) is 16.7 Å². The number of amides is 1. The maximum atomic E-state index is 13.5. The first-order valence-electron chi connectivity index (χ1n) is 11.0. The van der Waals surface area contributed by atoms with Crippen LogP contribution < -0.4 is 25.1 Å². The van der Waals surface area contributed by atoms with Gasteiger partial charge in [0.25, 0.3) is 5.56 Å². The van der Waals surface area contributed by atoms with E-state index in [1.807, 2.05) is 36.4 Å². The lowest BCUT2D eigenvalue weighted by Gasteiger charge is -2.18. The van der Waals surface area contributed by atoms with Crippen LogP contribution in [0.1, 0.15) is 12.5 Å². The lowest BCUT2D eigenvalue weighted by Crippen LogP contribution is -2.31. The van der Waals surface area contributed by atoms with Gasteiger partial charge in [-0.3, -0.25) is 14.2 Å². The molecule has 1 aliphatic heterocycles. The second kappa shape index (κ2) is 9.71. The minimum Gasteiger partial charge on any atom is -0.495 e. The molecule has 0 fully saturated rings. The van der Waals surface area contributed by atoms with Crippen molar-refractivity contribution in [2.24, 2.45) is 0 Å². The van der Waals surface area contributed by atoms with Gasteiger partial charge in [0, 0.05) is 6.54 Å². The molecule has 0 bridgehead atoms. The summed E-state index contributed by atoms with van der Waals surface area (Å²) in [6, 6.07) is 20.0. The molecule has 1 aromatic heterocycles. The van der Waals surface area contributed by atoms with Gasteiger partial charge in [-0.05, 0) is 48.9 Å². The van der Waals surface area contributed by atoms with E-state index in [9.17, 15) is 9.59 Å². The van der Waals surface area contributed by atoms with Crippen molar-refractivity contribution in [1.82, 2.24) is 14.9 Å². The molecule has 178 valence electrons. The first-order valence-corrected chi connectivity index (χ1v) is 11.9. The molecule has 5 rings (SSSR count). The van der Waals surface area contributed by atoms with Crippen molar-refractivity contribution in [1.29, 1.82) is 0 Å². The summed E-state index contributed by atoms with van der Waals surface area (Å²) >= 11 is 1.22. The van der Waals surface area contributed by atoms with Gasteiger partial charge in [0.1, 0.15) is 5.75 Å². The van der Waals surface area contributed by atoms with E-state index in [-0.39, 0.29) is 18.3 Å². The molecule has 1 atom stereocenters. The van der Waals surface area contributed by atoms with Crippen molar-refractivity contribution in [2.45, 2.75) is 23.9 Å². The normalized spacial score (nSPS) is 13.0. The van der Waals surface area contributed by atoms with Crippen molar-refractivity contribution >= 4 is 28.6 Å². The third-order valence-corrected chi connectivity index (χ3v) is 6.68. The van der Waals surface area contributed by atoms with E-state index in [0.29, 0.717) is 45.5 Å². The molecule has 4 aromatic rings. The van der Waals surface area contributed by atoms with Crippen LogP contribution in [0.3, 0.4) is 0 Å². The van der Waals surface area contributed by atoms with Gasteiger partial charge in [0.2, 0.25) is 12.7 Å². The summed E-state index contributed by atoms with van der Waals surface area (Å²) < 4.78 is 17.7. The number of benzene rings is 3. The molecule has 9 heteroatoms. The minimum atomic E-state index is -0.516. The van der Waals surface area contributed by atoms with Gasteiger partial charge < -0.3 is 19.5 Å². The minimum absolute atomic E-state index is 0.179. The van der Waals surface area contributed by atoms with Crippen molar-refractivity contribution in [3.63, 3.8) is 0 Å². The molecule has 0 aliphatic carbocycles. The van der Waals surface area contributed by atoms with E-state index < -0.39 is 5.25 Å². The first-order chi connectivity index (χ1) is 17.0. The van der Waals surface area contributed by atoms with E-state index in [1.54, 1.807) is 44.4 Å². The maximum Gasteiger partial charge on any atom is 0.266 e. The van der Waals surface area contributed by atoms with Crippen LogP contribution >= 0.6 is 11.8 Å². The molecule has 35 heavy (non-hydrogen) atoms. The van der Waals surface area contributed by atoms with Gasteiger partial charge in [-0.1, -0.05) is 42.1 Å². The van der Waals surface area contributed by atoms with Crippen LogP contribution in [-0.4, -0.2) is 34.6 Å². The first kappa shape index (κ1) is 22.8. The fourth-order valence-corrected chi connectivity index (χ4v) is 4.76. The summed E-state index contributed by atoms with van der Waals surface area (Å²) in [5.74, 6) is 1.72. The lowest BCUT2D eigenvalue weighted by atomic mass is 10.2. The Morgan fingerprint density at radius 3 is 2.74 bits per heavy atom. The van der Waals surface area contributed by atoms with Crippen LogP contribution in [0.4, 0.5) is 0 Å². The van der Waals surface area contributed by atoms with Gasteiger partial charge in [0.05, 0.1) is 29.0 Å². The zero-order valence-corrected chi connectivity index (χ0v) is 20.0. The fourth-order valence-electron chi connectivity index (χ4n) is 3.81. The Hall–Kier alpha value is -3.98. The summed E-state index contributed by atoms with van der Waals surface area (Å²) in [5, 5.41) is 3.33. The van der Waals surface area contributed by atoms with Crippen molar-refractivity contribution in [3.8, 4) is 22.9 Å². The van der Waals surface area contributed by atoms with E-state index in [4.69, 9.17) is 19.2 Å². The Morgan fingerprint density at radius 1 is 1.11 bits per heavy atom. The molecule has 0 unspecified atom stereocenters. The zero-order valence-electron chi connectivity index (χ0n) is 19.2. The van der Waals surface area contributed by atoms with Crippen LogP contribution in [0.2, 0.25) is 0 Å². The Morgan fingerprint density at radius 2 is 1.89 bits per heavy atom. The third kappa shape index (κ3) is 4.54. The Labute approximate surface area is 205 Å². The summed E-state index contributed by atoms with van der Waals surface area (Å²) in [4.78, 5) is 31.2. The van der Waals surface area contributed by atoms with Gasteiger partial charge in [-0.15, -0.1) is 0 Å². The highest BCUT2D eigenvalue weighted by atomic mass is 32.2. The maximum absolute atomic E-state index is 13.5. The Kier molecular flexibility index (Phi) is 6.33. The number of carbonyl (C=O) groups is 1. The molecule has 1 amide bonds. The molecular formula is C26H23N3O5S. The van der Waals surface area contributed by atoms with Gasteiger partial charge in [-0.25, -0.2) is 4.98 Å². The predicted molar refractivity (Wildman–Crippen MR) is 134 cm³/mol. The van der Waals surface area contributed by atoms with Crippen LogP contribution in [-0.2, 0) is 11.3 Å². The number of hydrogen-bond acceptors (Lipinski definition) is 7. The lowest BCUT2D eigenvalue weighted by molar-refractivity contribution is -0.120. The number of carbonyl (C=O) groups excluding carboxylic acids is 1. The Bertz CT molecular complexity index is 1470. The van der Waals surface area contributed by atoms with Crippen LogP contribution in [0.15, 0.2) is 76.7 Å². The molecular weight excluding hydrogens is 466 g/mol. The largest absolute Gasteiger partial charge is 0.495 e. The molecule has 0 saturated heterocycles. The molecule has 0 spiro atoms. The van der Waals surface area contributed by atoms with Crippen molar-refractivity contribution < 1.29 is 19.0 Å². The molecule has 1 aliphatic rings. The number of nitrogens with one attached hydrogen (secondary N) is 1. The van der Waals surface area contributed by atoms with Crippen LogP contribution in [0, 0.1) is 0 Å². The quantitative estimate of drug-likeness (QED) is 0.311. The third-order valence-electron chi connectivity index (χ3n) is 5.63. The average Bonchev–Trinajstić information content (AvgIpc) is 3.35. The van der Waals surface area contributed by atoms with E-state index >= 15 is 0 Å². The molecule has 3 aromatic carbocycles. The summed E-state index contributed by atoms with van der Waals surface area (Å²) in [5.41, 5.74) is 1.80. The number of para-hydroxylation sites is 3. The number of hydrogen-bond donors (Lipinski definition) is 1. The van der Waals surface area contributed by atoms with E-state index in [1.165, 1.54) is 16.3 Å². The van der Waals surface area contributed by atoms with Crippen LogP contribution in [0.5, 0.6) is 17.2 Å². The number of rotatable bonds is 7. The topological polar surface area (TPSA) is 91.7 Å². The molecule has 0 saturated carbocycles. The number of methoxy groups -OCH3 is 1. The van der Waals surface area contributed by atoms with E-state index in [0.717, 1.165) is 5.56 Å². The zero-order chi connectivity index (χ0) is 24.4. The monoisotopic (exact) mass is 489 g/mol. The summed E-state index contributed by atoms with van der Waals surface area (Å²) in [6.07, 6.45) is 0. The van der Waals surface area contributed by atoms with Gasteiger partial charge in [-0.2, -0.15) is 0 Å². The fraction of sp³-hybridized carbons (Fsp3) is 0.192. The number of thioether (sulfide) groups is 1. The van der Waals surface area contributed by atoms with Gasteiger partial charge >= 0.3 is 0 Å². The highest BCUT2D eigenvalue weighted by Crippen LogP contribution is 2.33. The second-order valence-corrected chi connectivity index (χ2v) is 9.20. The van der Waals surface area contributed by atoms with Crippen LogP contribution in [0.25, 0.3) is 16.6 Å². The highest BCUT2D eigenvalue weighted by molar-refractivity contribution is 8.00. The Balaban J connectivity index is 1.42. The SMILES string of the molecule is COc1ccccc1-n1c(S[C@H](C)C(=O)NCc2ccc3c(c2)OCO3)nc2ccccc2c1=O. The number of ether oxygens (including phenoxy) is 3. The summed E-state index contributed by atoms with van der Waals surface area (Å²) in [7, 11) is 1.55. The predicted octanol–water partition coefficient (Wildman–Crippen LogP) is 3.92. The number of aromatic nitrogens is 2. The standard InChI is InChI=1S/C26H23N3O5S/c1-16(24(30)27-14-17-11-12-22-23(13-17)34-15-33-22)35-26-28-19-8-4-3-7-18(19)25(31)29(26)20-9-5-6-10-21(20)32-2/h3-13,16H,14-15H2,1-2H3,(H,27,30)/t16-/m1/s1. The van der Waals surface area contributed by atoms with E-state index in [2.05, 4.69) is 5.32 Å². The molecule has 2 heterocycles. The molecule has 0 radical (unpaired) electrons. The smallest absolute Gasteiger partial charge is 0.266 e. The highest BCUT2D eigenvalue weighted by Gasteiger charge is 2.22. The van der Waals surface area contributed by atoms with Crippen molar-refractivity contribution in [3.05, 3.63) is 82.6 Å². The number of fused-ring (bicyclic) bond motifs is 2. The number of nitrogens with zero attached hydrogens (tertiary/aromatic N) is 2. The summed E-state index contributed by atoms with van der Waals surface area (Å²) in [6.45, 7) is 2.32. The molecule has 1 N–H and O–H groups in total.